The number of rotatable bonds is 3. The Kier molecular flexibility index (Phi) is 5.36. The zero-order valence-electron chi connectivity index (χ0n) is 10.3. The van der Waals surface area contributed by atoms with Gasteiger partial charge in [0.1, 0.15) is 6.61 Å². The van der Waals surface area contributed by atoms with Crippen LogP contribution in [0.5, 0.6) is 0 Å². The summed E-state index contributed by atoms with van der Waals surface area (Å²) in [5, 5.41) is 13.4. The Morgan fingerprint density at radius 2 is 2.47 bits per heavy atom. The lowest BCUT2D eigenvalue weighted by molar-refractivity contribution is -0.147. The van der Waals surface area contributed by atoms with Gasteiger partial charge in [0.05, 0.1) is 26.4 Å². The monoisotopic (exact) mass is 281 g/mol. The van der Waals surface area contributed by atoms with Crippen molar-refractivity contribution in [3.05, 3.63) is 21.9 Å². The van der Waals surface area contributed by atoms with E-state index in [0.29, 0.717) is 26.4 Å². The minimum atomic E-state index is -0.527. The maximum Gasteiger partial charge on any atom is 0.251 e. The minimum Gasteiger partial charge on any atom is -0.384 e. The highest BCUT2D eigenvalue weighted by atomic mass is 32.1. The van der Waals surface area contributed by atoms with Gasteiger partial charge in [-0.1, -0.05) is 11.8 Å². The topological polar surface area (TPSA) is 67.8 Å². The summed E-state index contributed by atoms with van der Waals surface area (Å²) < 4.78 is 10.5. The Morgan fingerprint density at radius 3 is 3.21 bits per heavy atom. The maximum atomic E-state index is 11.8. The van der Waals surface area contributed by atoms with Gasteiger partial charge in [0.25, 0.3) is 5.91 Å². The van der Waals surface area contributed by atoms with Gasteiger partial charge >= 0.3 is 0 Å². The molecule has 2 rings (SSSR count). The Balaban J connectivity index is 1.88. The third-order valence-corrected chi connectivity index (χ3v) is 3.50. The molecule has 1 fully saturated rings. The second kappa shape index (κ2) is 7.26. The fourth-order valence-corrected chi connectivity index (χ4v) is 2.41. The van der Waals surface area contributed by atoms with Crippen LogP contribution in [-0.2, 0) is 20.8 Å². The van der Waals surface area contributed by atoms with E-state index in [-0.39, 0.29) is 12.5 Å². The van der Waals surface area contributed by atoms with E-state index in [4.69, 9.17) is 14.6 Å². The lowest BCUT2D eigenvalue weighted by Gasteiger charge is -2.21. The third-order valence-electron chi connectivity index (χ3n) is 2.58. The van der Waals surface area contributed by atoms with E-state index < -0.39 is 6.10 Å². The number of carbonyl (C=O) groups is 1. The van der Waals surface area contributed by atoms with Crippen LogP contribution >= 0.6 is 11.3 Å². The van der Waals surface area contributed by atoms with Crippen LogP contribution in [0.1, 0.15) is 10.4 Å². The highest BCUT2D eigenvalue weighted by Crippen LogP contribution is 2.15. The second-order valence-electron chi connectivity index (χ2n) is 3.87. The Morgan fingerprint density at radius 1 is 1.58 bits per heavy atom. The smallest absolute Gasteiger partial charge is 0.251 e. The van der Waals surface area contributed by atoms with Gasteiger partial charge in [0, 0.05) is 10.4 Å². The van der Waals surface area contributed by atoms with Gasteiger partial charge in [0.15, 0.2) is 6.10 Å². The summed E-state index contributed by atoms with van der Waals surface area (Å²) in [5.41, 5.74) is 0.833. The summed E-state index contributed by atoms with van der Waals surface area (Å²) >= 11 is 1.52. The zero-order chi connectivity index (χ0) is 13.5. The number of aliphatic hydroxyl groups excluding tert-OH is 1. The van der Waals surface area contributed by atoms with Crippen LogP contribution in [-0.4, -0.2) is 43.5 Å². The van der Waals surface area contributed by atoms with Crippen LogP contribution in [0.2, 0.25) is 0 Å². The fraction of sp³-hybridized carbons (Fsp3) is 0.462. The lowest BCUT2D eigenvalue weighted by Crippen LogP contribution is -2.42. The van der Waals surface area contributed by atoms with E-state index in [1.807, 2.05) is 11.4 Å². The zero-order valence-corrected chi connectivity index (χ0v) is 11.2. The number of aliphatic hydroxyl groups is 1. The quantitative estimate of drug-likeness (QED) is 0.773. The van der Waals surface area contributed by atoms with Gasteiger partial charge in [0.2, 0.25) is 0 Å². The minimum absolute atomic E-state index is 0.172. The van der Waals surface area contributed by atoms with Crippen LogP contribution in [0, 0.1) is 11.8 Å². The van der Waals surface area contributed by atoms with Gasteiger partial charge in [-0.25, -0.2) is 0 Å². The highest BCUT2D eigenvalue weighted by Gasteiger charge is 2.22. The number of amides is 1. The molecule has 2 heterocycles. The third kappa shape index (κ3) is 4.04. The van der Waals surface area contributed by atoms with Crippen LogP contribution in [0.4, 0.5) is 0 Å². The van der Waals surface area contributed by atoms with Crippen molar-refractivity contribution < 1.29 is 19.4 Å². The van der Waals surface area contributed by atoms with Crippen LogP contribution in [0.15, 0.2) is 11.4 Å². The molecule has 1 saturated heterocycles. The molecule has 102 valence electrons. The molecule has 1 atom stereocenters. The molecule has 0 saturated carbocycles. The van der Waals surface area contributed by atoms with Crippen molar-refractivity contribution in [2.24, 2.45) is 0 Å². The normalized spacial score (nSPS) is 18.5. The Bertz CT molecular complexity index is 482. The van der Waals surface area contributed by atoms with Crippen LogP contribution in [0.25, 0.3) is 0 Å². The molecule has 19 heavy (non-hydrogen) atoms. The van der Waals surface area contributed by atoms with Crippen molar-refractivity contribution in [2.75, 3.05) is 26.4 Å². The second-order valence-corrected chi connectivity index (χ2v) is 4.87. The van der Waals surface area contributed by atoms with Gasteiger partial charge in [-0.15, -0.1) is 11.3 Å². The Labute approximate surface area is 115 Å². The van der Waals surface area contributed by atoms with Gasteiger partial charge < -0.3 is 19.9 Å². The van der Waals surface area contributed by atoms with E-state index in [2.05, 4.69) is 17.2 Å². The fourth-order valence-electron chi connectivity index (χ4n) is 1.64. The molecule has 0 spiro atoms. The van der Waals surface area contributed by atoms with E-state index >= 15 is 0 Å². The van der Waals surface area contributed by atoms with Crippen LogP contribution in [0.3, 0.4) is 0 Å². The number of carbonyl (C=O) groups excluding carboxylic acids is 1. The Hall–Kier alpha value is -1.39. The predicted molar refractivity (Wildman–Crippen MR) is 70.7 cm³/mol. The molecule has 1 aliphatic heterocycles. The summed E-state index contributed by atoms with van der Waals surface area (Å²) in [5.74, 6) is 5.27. The average Bonchev–Trinajstić information content (AvgIpc) is 2.91. The van der Waals surface area contributed by atoms with Crippen LogP contribution < -0.4 is 5.32 Å². The van der Waals surface area contributed by atoms with Crippen molar-refractivity contribution in [2.45, 2.75) is 12.6 Å². The van der Waals surface area contributed by atoms with Crippen molar-refractivity contribution in [1.29, 1.82) is 0 Å². The van der Waals surface area contributed by atoms with E-state index in [1.54, 1.807) is 0 Å². The molecule has 0 radical (unpaired) electrons. The number of hydrogen-bond donors (Lipinski definition) is 2. The molecular formula is C13H15NO4S. The lowest BCUT2D eigenvalue weighted by atomic mass is 10.2. The number of hydrogen-bond acceptors (Lipinski definition) is 5. The summed E-state index contributed by atoms with van der Waals surface area (Å²) in [7, 11) is 0. The van der Waals surface area contributed by atoms with Gasteiger partial charge in [-0.05, 0) is 11.4 Å². The molecule has 2 N–H and O–H groups in total. The SMILES string of the molecule is O=C(NCc1sccc1C#CCO)C1COCCO1. The largest absolute Gasteiger partial charge is 0.384 e. The molecule has 0 bridgehead atoms. The molecule has 1 amide bonds. The number of thiophene rings is 1. The van der Waals surface area contributed by atoms with Crippen molar-refractivity contribution >= 4 is 17.2 Å². The maximum absolute atomic E-state index is 11.8. The summed E-state index contributed by atoms with van der Waals surface area (Å²) in [6, 6.07) is 1.87. The van der Waals surface area contributed by atoms with Gasteiger partial charge in [-0.3, -0.25) is 4.79 Å². The molecule has 5 nitrogen and oxygen atoms in total. The van der Waals surface area contributed by atoms with Crippen molar-refractivity contribution in [3.63, 3.8) is 0 Å². The first kappa shape index (κ1) is 14.0. The van der Waals surface area contributed by atoms with E-state index in [1.165, 1.54) is 11.3 Å². The molecule has 0 aliphatic carbocycles. The average molecular weight is 281 g/mol. The first-order chi connectivity index (χ1) is 9.31. The summed E-state index contributed by atoms with van der Waals surface area (Å²) in [6.45, 7) is 1.52. The first-order valence-electron chi connectivity index (χ1n) is 5.94. The molecule has 1 unspecified atom stereocenters. The van der Waals surface area contributed by atoms with Crippen molar-refractivity contribution in [1.82, 2.24) is 5.32 Å². The molecule has 1 aromatic heterocycles. The summed E-state index contributed by atoms with van der Waals surface area (Å²) in [6.07, 6.45) is -0.527. The van der Waals surface area contributed by atoms with Crippen molar-refractivity contribution in [3.8, 4) is 11.8 Å². The molecular weight excluding hydrogens is 266 g/mol. The molecule has 1 aromatic rings. The predicted octanol–water partition coefficient (Wildman–Crippen LogP) is 0.123. The molecule has 1 aliphatic rings. The number of ether oxygens (including phenoxy) is 2. The number of nitrogens with one attached hydrogen (secondary N) is 1. The standard InChI is InChI=1S/C13H15NO4S/c15-4-1-2-10-3-7-19-12(10)8-14-13(16)11-9-17-5-6-18-11/h3,7,11,15H,4-6,8-9H2,(H,14,16). The molecule has 0 aromatic carbocycles. The highest BCUT2D eigenvalue weighted by molar-refractivity contribution is 7.10. The van der Waals surface area contributed by atoms with Gasteiger partial charge in [-0.2, -0.15) is 0 Å². The molecule has 6 heteroatoms. The van der Waals surface area contributed by atoms with E-state index in [9.17, 15) is 4.79 Å². The van der Waals surface area contributed by atoms with E-state index in [0.717, 1.165) is 10.4 Å². The summed E-state index contributed by atoms with van der Waals surface area (Å²) in [4.78, 5) is 12.8. The first-order valence-corrected chi connectivity index (χ1v) is 6.82.